The fourth-order valence-electron chi connectivity index (χ4n) is 2.10. The Morgan fingerprint density at radius 3 is 2.68 bits per heavy atom. The van der Waals surface area contributed by atoms with Gasteiger partial charge in [-0.3, -0.25) is 0 Å². The minimum atomic E-state index is 0.418. The molecule has 1 aromatic carbocycles. The summed E-state index contributed by atoms with van der Waals surface area (Å²) in [6.45, 7) is 4.28. The van der Waals surface area contributed by atoms with E-state index in [2.05, 4.69) is 37.0 Å². The average molecular weight is 255 g/mol. The highest BCUT2D eigenvalue weighted by molar-refractivity contribution is 5.72. The number of nitriles is 1. The van der Waals surface area contributed by atoms with Gasteiger partial charge in [0.25, 0.3) is 0 Å². The first kappa shape index (κ1) is 13.2. The Morgan fingerprint density at radius 2 is 2.11 bits per heavy atom. The fraction of sp³-hybridized carbons (Fsp3) is 0.333. The Morgan fingerprint density at radius 1 is 1.37 bits per heavy atom. The predicted molar refractivity (Wildman–Crippen MR) is 74.0 cm³/mol. The van der Waals surface area contributed by atoms with E-state index in [0.29, 0.717) is 11.6 Å². The lowest BCUT2D eigenvalue weighted by Crippen LogP contribution is -1.97. The van der Waals surface area contributed by atoms with Crippen molar-refractivity contribution in [3.8, 4) is 23.1 Å². The second-order valence-electron chi connectivity index (χ2n) is 4.78. The van der Waals surface area contributed by atoms with E-state index in [1.54, 1.807) is 13.4 Å². The number of hydrogen-bond donors (Lipinski definition) is 0. The lowest BCUT2D eigenvalue weighted by Gasteiger charge is -2.13. The standard InChI is InChI=1S/C15H17N3O/c1-10(2)11-5-6-14(19-4)12(7-11)15-13(8-16)17-9-18(15)3/h5-7,9-10H,1-4H3. The third-order valence-electron chi connectivity index (χ3n) is 3.19. The summed E-state index contributed by atoms with van der Waals surface area (Å²) in [7, 11) is 3.51. The van der Waals surface area contributed by atoms with Gasteiger partial charge in [0.15, 0.2) is 5.69 Å². The van der Waals surface area contributed by atoms with Crippen LogP contribution in [0.4, 0.5) is 0 Å². The summed E-state index contributed by atoms with van der Waals surface area (Å²) in [6, 6.07) is 8.19. The molecule has 0 bridgehead atoms. The molecule has 0 fully saturated rings. The number of nitrogens with zero attached hydrogens (tertiary/aromatic N) is 3. The quantitative estimate of drug-likeness (QED) is 0.846. The van der Waals surface area contributed by atoms with Crippen LogP contribution < -0.4 is 4.74 Å². The van der Waals surface area contributed by atoms with Crippen molar-refractivity contribution in [3.63, 3.8) is 0 Å². The van der Waals surface area contributed by atoms with E-state index in [1.807, 2.05) is 17.7 Å². The molecule has 0 N–H and O–H groups in total. The lowest BCUT2D eigenvalue weighted by molar-refractivity contribution is 0.416. The van der Waals surface area contributed by atoms with Gasteiger partial charge >= 0.3 is 0 Å². The number of rotatable bonds is 3. The third-order valence-corrected chi connectivity index (χ3v) is 3.19. The van der Waals surface area contributed by atoms with Crippen LogP contribution in [0, 0.1) is 11.3 Å². The van der Waals surface area contributed by atoms with Gasteiger partial charge < -0.3 is 9.30 Å². The molecule has 19 heavy (non-hydrogen) atoms. The van der Waals surface area contributed by atoms with E-state index in [4.69, 9.17) is 10.00 Å². The maximum atomic E-state index is 9.17. The highest BCUT2D eigenvalue weighted by Gasteiger charge is 2.16. The number of aromatic nitrogens is 2. The van der Waals surface area contributed by atoms with Gasteiger partial charge in [0.05, 0.1) is 19.1 Å². The van der Waals surface area contributed by atoms with Crippen molar-refractivity contribution in [2.45, 2.75) is 19.8 Å². The molecule has 0 saturated carbocycles. The van der Waals surface area contributed by atoms with Gasteiger partial charge in [-0.15, -0.1) is 0 Å². The largest absolute Gasteiger partial charge is 0.496 e. The molecule has 98 valence electrons. The highest BCUT2D eigenvalue weighted by atomic mass is 16.5. The van der Waals surface area contributed by atoms with Crippen molar-refractivity contribution in [1.29, 1.82) is 5.26 Å². The molecule has 4 nitrogen and oxygen atoms in total. The van der Waals surface area contributed by atoms with Crippen LogP contribution >= 0.6 is 0 Å². The Bertz CT molecular complexity index is 635. The van der Waals surface area contributed by atoms with E-state index < -0.39 is 0 Å². The molecule has 0 saturated heterocycles. The van der Waals surface area contributed by atoms with Crippen molar-refractivity contribution < 1.29 is 4.74 Å². The molecule has 2 rings (SSSR count). The molecule has 2 aromatic rings. The van der Waals surface area contributed by atoms with E-state index in [9.17, 15) is 0 Å². The SMILES string of the molecule is COc1ccc(C(C)C)cc1-c1c(C#N)ncn1C. The van der Waals surface area contributed by atoms with Crippen LogP contribution in [0.3, 0.4) is 0 Å². The van der Waals surface area contributed by atoms with Crippen molar-refractivity contribution in [2.24, 2.45) is 7.05 Å². The zero-order valence-corrected chi connectivity index (χ0v) is 11.6. The van der Waals surface area contributed by atoms with Crippen LogP contribution in [0.15, 0.2) is 24.5 Å². The molecular weight excluding hydrogens is 238 g/mol. The Kier molecular flexibility index (Phi) is 3.57. The molecule has 0 radical (unpaired) electrons. The smallest absolute Gasteiger partial charge is 0.166 e. The number of hydrogen-bond acceptors (Lipinski definition) is 3. The highest BCUT2D eigenvalue weighted by Crippen LogP contribution is 2.34. The van der Waals surface area contributed by atoms with Crippen LogP contribution in [-0.2, 0) is 7.05 Å². The normalized spacial score (nSPS) is 10.5. The summed E-state index contributed by atoms with van der Waals surface area (Å²) in [4.78, 5) is 4.11. The van der Waals surface area contributed by atoms with E-state index in [1.165, 1.54) is 5.56 Å². The average Bonchev–Trinajstić information content (AvgIpc) is 2.78. The first-order chi connectivity index (χ1) is 9.08. The summed E-state index contributed by atoms with van der Waals surface area (Å²) >= 11 is 0. The Labute approximate surface area is 113 Å². The number of ether oxygens (including phenoxy) is 1. The van der Waals surface area contributed by atoms with Crippen LogP contribution in [0.25, 0.3) is 11.3 Å². The molecule has 0 amide bonds. The Hall–Kier alpha value is -2.28. The number of imidazole rings is 1. The maximum Gasteiger partial charge on any atom is 0.166 e. The molecule has 0 aliphatic rings. The molecule has 4 heteroatoms. The topological polar surface area (TPSA) is 50.8 Å². The summed E-state index contributed by atoms with van der Waals surface area (Å²) in [5, 5.41) is 9.17. The molecule has 0 aliphatic carbocycles. The van der Waals surface area contributed by atoms with Gasteiger partial charge in [0, 0.05) is 12.6 Å². The van der Waals surface area contributed by atoms with Gasteiger partial charge in [-0.2, -0.15) is 5.26 Å². The van der Waals surface area contributed by atoms with Crippen LogP contribution in [0.5, 0.6) is 5.75 Å². The monoisotopic (exact) mass is 255 g/mol. The van der Waals surface area contributed by atoms with Crippen molar-refractivity contribution in [1.82, 2.24) is 9.55 Å². The van der Waals surface area contributed by atoms with Gasteiger partial charge in [0.1, 0.15) is 11.8 Å². The maximum absolute atomic E-state index is 9.17. The molecule has 0 spiro atoms. The first-order valence-electron chi connectivity index (χ1n) is 6.18. The summed E-state index contributed by atoms with van der Waals surface area (Å²) in [5.74, 6) is 1.17. The lowest BCUT2D eigenvalue weighted by atomic mass is 9.98. The second kappa shape index (κ2) is 5.15. The fourth-order valence-corrected chi connectivity index (χ4v) is 2.10. The summed E-state index contributed by atoms with van der Waals surface area (Å²) < 4.78 is 7.26. The van der Waals surface area contributed by atoms with Crippen molar-refractivity contribution >= 4 is 0 Å². The van der Waals surface area contributed by atoms with Crippen LogP contribution in [0.2, 0.25) is 0 Å². The number of methoxy groups -OCH3 is 1. The number of benzene rings is 1. The van der Waals surface area contributed by atoms with E-state index in [0.717, 1.165) is 17.0 Å². The van der Waals surface area contributed by atoms with Gasteiger partial charge in [0.2, 0.25) is 0 Å². The van der Waals surface area contributed by atoms with E-state index in [-0.39, 0.29) is 0 Å². The summed E-state index contributed by atoms with van der Waals surface area (Å²) in [5.41, 5.74) is 3.33. The molecule has 1 heterocycles. The van der Waals surface area contributed by atoms with Gasteiger partial charge in [-0.05, 0) is 23.6 Å². The van der Waals surface area contributed by atoms with Crippen LogP contribution in [-0.4, -0.2) is 16.7 Å². The van der Waals surface area contributed by atoms with Crippen molar-refractivity contribution in [2.75, 3.05) is 7.11 Å². The second-order valence-corrected chi connectivity index (χ2v) is 4.78. The summed E-state index contributed by atoms with van der Waals surface area (Å²) in [6.07, 6.45) is 1.65. The van der Waals surface area contributed by atoms with Gasteiger partial charge in [-0.25, -0.2) is 4.98 Å². The molecular formula is C15H17N3O. The third kappa shape index (κ3) is 2.32. The van der Waals surface area contributed by atoms with Gasteiger partial charge in [-0.1, -0.05) is 19.9 Å². The molecule has 0 unspecified atom stereocenters. The van der Waals surface area contributed by atoms with E-state index >= 15 is 0 Å². The zero-order valence-electron chi connectivity index (χ0n) is 11.6. The Balaban J connectivity index is 2.69. The zero-order chi connectivity index (χ0) is 14.0. The molecule has 1 aromatic heterocycles. The minimum Gasteiger partial charge on any atom is -0.496 e. The minimum absolute atomic E-state index is 0.418. The van der Waals surface area contributed by atoms with Crippen molar-refractivity contribution in [3.05, 3.63) is 35.8 Å². The first-order valence-corrected chi connectivity index (χ1v) is 6.18. The number of aryl methyl sites for hydroxylation is 1. The van der Waals surface area contributed by atoms with Crippen LogP contribution in [0.1, 0.15) is 31.0 Å². The predicted octanol–water partition coefficient (Wildman–Crippen LogP) is 3.09. The molecule has 0 atom stereocenters. The molecule has 0 aliphatic heterocycles.